The van der Waals surface area contributed by atoms with Gasteiger partial charge in [-0.2, -0.15) is 0 Å². The standard InChI is InChI=1S/C22H27BrN4O2/c1-16-7-12-20(25-15-16)27(19-5-3-2-4-6-19)21(28)13-14-24-22(29)26-18-10-8-17(23)9-11-18/h7-12,15,19H,2-6,13-14H2,1H3,(H2,24,26,29). The van der Waals surface area contributed by atoms with Gasteiger partial charge in [-0.1, -0.05) is 41.3 Å². The van der Waals surface area contributed by atoms with Gasteiger partial charge in [0.2, 0.25) is 5.91 Å². The largest absolute Gasteiger partial charge is 0.337 e. The second kappa shape index (κ2) is 10.4. The molecule has 0 radical (unpaired) electrons. The van der Waals surface area contributed by atoms with E-state index in [4.69, 9.17) is 0 Å². The molecule has 2 N–H and O–H groups in total. The molecule has 1 aromatic carbocycles. The van der Waals surface area contributed by atoms with E-state index in [2.05, 4.69) is 31.5 Å². The SMILES string of the molecule is Cc1ccc(N(C(=O)CCNC(=O)Nc2ccc(Br)cc2)C2CCCCC2)nc1. The van der Waals surface area contributed by atoms with Crippen LogP contribution in [0, 0.1) is 6.92 Å². The number of pyridine rings is 1. The molecule has 6 nitrogen and oxygen atoms in total. The van der Waals surface area contributed by atoms with Crippen molar-refractivity contribution in [3.63, 3.8) is 0 Å². The normalized spacial score (nSPS) is 14.3. The topological polar surface area (TPSA) is 74.3 Å². The Labute approximate surface area is 180 Å². The molecule has 1 saturated carbocycles. The Morgan fingerprint density at radius 3 is 2.48 bits per heavy atom. The highest BCUT2D eigenvalue weighted by molar-refractivity contribution is 9.10. The Balaban J connectivity index is 1.57. The van der Waals surface area contributed by atoms with E-state index in [1.807, 2.05) is 48.2 Å². The van der Waals surface area contributed by atoms with Crippen molar-refractivity contribution in [3.8, 4) is 0 Å². The number of carbonyl (C=O) groups is 2. The zero-order valence-electron chi connectivity index (χ0n) is 16.7. The van der Waals surface area contributed by atoms with E-state index in [1.54, 1.807) is 6.20 Å². The molecule has 0 atom stereocenters. The molecule has 0 unspecified atom stereocenters. The summed E-state index contributed by atoms with van der Waals surface area (Å²) in [5.74, 6) is 0.698. The molecular weight excluding hydrogens is 432 g/mol. The van der Waals surface area contributed by atoms with Gasteiger partial charge in [-0.3, -0.25) is 9.69 Å². The number of urea groups is 1. The minimum absolute atomic E-state index is 0.00260. The van der Waals surface area contributed by atoms with Crippen LogP contribution in [0.4, 0.5) is 16.3 Å². The first kappa shape index (κ1) is 21.3. The van der Waals surface area contributed by atoms with Crippen LogP contribution < -0.4 is 15.5 Å². The number of hydrogen-bond acceptors (Lipinski definition) is 3. The molecule has 29 heavy (non-hydrogen) atoms. The summed E-state index contributed by atoms with van der Waals surface area (Å²) in [7, 11) is 0. The average molecular weight is 459 g/mol. The number of carbonyl (C=O) groups excluding carboxylic acids is 2. The molecule has 7 heteroatoms. The van der Waals surface area contributed by atoms with Crippen LogP contribution in [0.5, 0.6) is 0 Å². The van der Waals surface area contributed by atoms with E-state index >= 15 is 0 Å². The van der Waals surface area contributed by atoms with Crippen LogP contribution in [0.3, 0.4) is 0 Å². The summed E-state index contributed by atoms with van der Waals surface area (Å²) < 4.78 is 0.946. The van der Waals surface area contributed by atoms with E-state index in [1.165, 1.54) is 6.42 Å². The summed E-state index contributed by atoms with van der Waals surface area (Å²) in [4.78, 5) is 31.4. The number of aryl methyl sites for hydroxylation is 1. The van der Waals surface area contributed by atoms with Gasteiger partial charge < -0.3 is 10.6 Å². The molecule has 1 aliphatic carbocycles. The number of rotatable bonds is 6. The quantitative estimate of drug-likeness (QED) is 0.637. The molecule has 3 rings (SSSR count). The molecule has 1 aliphatic rings. The lowest BCUT2D eigenvalue weighted by Gasteiger charge is -2.33. The molecule has 2 aromatic rings. The fourth-order valence-electron chi connectivity index (χ4n) is 3.57. The first-order valence-electron chi connectivity index (χ1n) is 10.1. The minimum Gasteiger partial charge on any atom is -0.337 e. The number of anilines is 2. The van der Waals surface area contributed by atoms with Crippen molar-refractivity contribution >= 4 is 39.4 Å². The van der Waals surface area contributed by atoms with Gasteiger partial charge in [0.05, 0.1) is 0 Å². The Bertz CT molecular complexity index is 818. The van der Waals surface area contributed by atoms with Gasteiger partial charge in [0.1, 0.15) is 5.82 Å². The lowest BCUT2D eigenvalue weighted by molar-refractivity contribution is -0.119. The van der Waals surface area contributed by atoms with Crippen LogP contribution in [0.1, 0.15) is 44.1 Å². The molecule has 154 valence electrons. The van der Waals surface area contributed by atoms with Gasteiger partial charge >= 0.3 is 6.03 Å². The second-order valence-corrected chi connectivity index (χ2v) is 8.30. The molecule has 0 spiro atoms. The van der Waals surface area contributed by atoms with Gasteiger partial charge in [0.25, 0.3) is 0 Å². The third-order valence-electron chi connectivity index (χ3n) is 5.08. The third-order valence-corrected chi connectivity index (χ3v) is 5.61. The Morgan fingerprint density at radius 2 is 1.83 bits per heavy atom. The predicted molar refractivity (Wildman–Crippen MR) is 119 cm³/mol. The maximum atomic E-state index is 13.0. The second-order valence-electron chi connectivity index (χ2n) is 7.39. The highest BCUT2D eigenvalue weighted by Crippen LogP contribution is 2.27. The van der Waals surface area contributed by atoms with Crippen LogP contribution in [0.2, 0.25) is 0 Å². The number of amides is 3. The highest BCUT2D eigenvalue weighted by Gasteiger charge is 2.27. The van der Waals surface area contributed by atoms with Crippen LogP contribution in [0.25, 0.3) is 0 Å². The molecule has 0 saturated heterocycles. The van der Waals surface area contributed by atoms with Crippen molar-refractivity contribution in [2.75, 3.05) is 16.8 Å². The van der Waals surface area contributed by atoms with Crippen molar-refractivity contribution in [2.45, 2.75) is 51.5 Å². The summed E-state index contributed by atoms with van der Waals surface area (Å²) in [5.41, 5.74) is 1.76. The molecule has 0 bridgehead atoms. The van der Waals surface area contributed by atoms with Crippen molar-refractivity contribution in [1.29, 1.82) is 0 Å². The fraction of sp³-hybridized carbons (Fsp3) is 0.409. The van der Waals surface area contributed by atoms with Crippen molar-refractivity contribution in [1.82, 2.24) is 10.3 Å². The number of halogens is 1. The molecule has 1 heterocycles. The highest BCUT2D eigenvalue weighted by atomic mass is 79.9. The van der Waals surface area contributed by atoms with E-state index in [0.29, 0.717) is 11.5 Å². The Hall–Kier alpha value is -2.41. The smallest absolute Gasteiger partial charge is 0.319 e. The number of hydrogen-bond donors (Lipinski definition) is 2. The van der Waals surface area contributed by atoms with Gasteiger partial charge in [-0.25, -0.2) is 9.78 Å². The summed E-state index contributed by atoms with van der Waals surface area (Å²) in [6.07, 6.45) is 7.51. The fourth-order valence-corrected chi connectivity index (χ4v) is 3.84. The van der Waals surface area contributed by atoms with Crippen LogP contribution in [-0.2, 0) is 4.79 Å². The summed E-state index contributed by atoms with van der Waals surface area (Å²) in [6.45, 7) is 2.26. The molecule has 1 fully saturated rings. The van der Waals surface area contributed by atoms with Gasteiger partial charge in [0, 0.05) is 35.4 Å². The summed E-state index contributed by atoms with van der Waals surface area (Å²) >= 11 is 3.36. The monoisotopic (exact) mass is 458 g/mol. The third kappa shape index (κ3) is 6.29. The van der Waals surface area contributed by atoms with Gasteiger partial charge in [-0.15, -0.1) is 0 Å². The van der Waals surface area contributed by atoms with Crippen LogP contribution in [-0.4, -0.2) is 29.5 Å². The maximum Gasteiger partial charge on any atom is 0.319 e. The van der Waals surface area contributed by atoms with Crippen LogP contribution >= 0.6 is 15.9 Å². The molecule has 1 aromatic heterocycles. The van der Waals surface area contributed by atoms with E-state index in [-0.39, 0.29) is 30.9 Å². The zero-order valence-corrected chi connectivity index (χ0v) is 18.2. The maximum absolute atomic E-state index is 13.0. The van der Waals surface area contributed by atoms with Gasteiger partial charge in [-0.05, 0) is 55.7 Å². The van der Waals surface area contributed by atoms with E-state index < -0.39 is 0 Å². The van der Waals surface area contributed by atoms with Crippen molar-refractivity contribution < 1.29 is 9.59 Å². The lowest BCUT2D eigenvalue weighted by Crippen LogP contribution is -2.43. The Morgan fingerprint density at radius 1 is 1.10 bits per heavy atom. The Kier molecular flexibility index (Phi) is 7.63. The molecule has 3 amide bonds. The first-order valence-corrected chi connectivity index (χ1v) is 10.9. The number of nitrogens with one attached hydrogen (secondary N) is 2. The van der Waals surface area contributed by atoms with E-state index in [9.17, 15) is 9.59 Å². The van der Waals surface area contributed by atoms with Crippen molar-refractivity contribution in [2.24, 2.45) is 0 Å². The first-order chi connectivity index (χ1) is 14.0. The molecule has 0 aliphatic heterocycles. The summed E-state index contributed by atoms with van der Waals surface area (Å²) in [6, 6.07) is 11.1. The van der Waals surface area contributed by atoms with Crippen molar-refractivity contribution in [3.05, 3.63) is 52.6 Å². The summed E-state index contributed by atoms with van der Waals surface area (Å²) in [5, 5.41) is 5.53. The number of aromatic nitrogens is 1. The number of benzene rings is 1. The molecular formula is C22H27BrN4O2. The lowest BCUT2D eigenvalue weighted by atomic mass is 9.94. The van der Waals surface area contributed by atoms with Crippen LogP contribution in [0.15, 0.2) is 47.1 Å². The number of nitrogens with zero attached hydrogens (tertiary/aromatic N) is 2. The minimum atomic E-state index is -0.321. The van der Waals surface area contributed by atoms with E-state index in [0.717, 1.165) is 35.7 Å². The van der Waals surface area contributed by atoms with Gasteiger partial charge in [0.15, 0.2) is 0 Å². The zero-order chi connectivity index (χ0) is 20.6. The average Bonchev–Trinajstić information content (AvgIpc) is 2.72. The predicted octanol–water partition coefficient (Wildman–Crippen LogP) is 5.03.